The van der Waals surface area contributed by atoms with E-state index >= 15 is 0 Å². The average Bonchev–Trinajstić information content (AvgIpc) is 2.30. The predicted molar refractivity (Wildman–Crippen MR) is 47.9 cm³/mol. The molecule has 0 aliphatic rings. The van der Waals surface area contributed by atoms with E-state index in [1.54, 1.807) is 12.3 Å². The highest BCUT2D eigenvalue weighted by Gasteiger charge is 2.13. The highest BCUT2D eigenvalue weighted by molar-refractivity contribution is 5.92. The molecule has 0 aliphatic carbocycles. The predicted octanol–water partition coefficient (Wildman–Crippen LogP) is 1.34. The molecule has 1 rings (SSSR count). The second-order valence-corrected chi connectivity index (χ2v) is 3.84. The number of hydrogen-bond donors (Lipinski definition) is 1. The Balaban J connectivity index is 3.00. The molecule has 0 saturated carbocycles. The minimum absolute atomic E-state index is 0.00764. The van der Waals surface area contributed by atoms with Gasteiger partial charge in [0.15, 0.2) is 0 Å². The molecule has 0 fully saturated rings. The molecule has 0 atom stereocenters. The lowest BCUT2D eigenvalue weighted by Gasteiger charge is -2.20. The van der Waals surface area contributed by atoms with Crippen molar-refractivity contribution in [2.45, 2.75) is 26.3 Å². The summed E-state index contributed by atoms with van der Waals surface area (Å²) < 4.78 is 1.97. The summed E-state index contributed by atoms with van der Waals surface area (Å²) in [7, 11) is 0. The molecule has 2 N–H and O–H groups in total. The lowest BCUT2D eigenvalue weighted by Crippen LogP contribution is -2.20. The number of carbonyl (C=O) groups excluding carboxylic acids is 1. The number of carbonyl (C=O) groups is 1. The standard InChI is InChI=1S/C9H14N2O/c1-9(2,3)11-5-4-7(6-11)8(10)12/h4-6H,1-3H3,(H2,10,12). The highest BCUT2D eigenvalue weighted by atomic mass is 16.1. The Morgan fingerprint density at radius 1 is 1.50 bits per heavy atom. The summed E-state index contributed by atoms with van der Waals surface area (Å²) in [5.74, 6) is -0.377. The molecule has 1 heterocycles. The van der Waals surface area contributed by atoms with Gasteiger partial charge >= 0.3 is 0 Å². The van der Waals surface area contributed by atoms with Crippen LogP contribution in [0.1, 0.15) is 31.1 Å². The summed E-state index contributed by atoms with van der Waals surface area (Å²) in [4.78, 5) is 10.8. The Hall–Kier alpha value is -1.25. The maximum atomic E-state index is 10.8. The number of nitrogens with zero attached hydrogens (tertiary/aromatic N) is 1. The van der Waals surface area contributed by atoms with Crippen molar-refractivity contribution in [1.29, 1.82) is 0 Å². The Morgan fingerprint density at radius 3 is 2.33 bits per heavy atom. The van der Waals surface area contributed by atoms with E-state index in [9.17, 15) is 4.79 Å². The molecular formula is C9H14N2O. The van der Waals surface area contributed by atoms with Gasteiger partial charge in [-0.25, -0.2) is 0 Å². The van der Waals surface area contributed by atoms with Gasteiger partial charge < -0.3 is 10.3 Å². The maximum absolute atomic E-state index is 10.8. The van der Waals surface area contributed by atoms with Crippen LogP contribution < -0.4 is 5.73 Å². The zero-order valence-electron chi connectivity index (χ0n) is 7.66. The van der Waals surface area contributed by atoms with Crippen LogP contribution in [0.3, 0.4) is 0 Å². The van der Waals surface area contributed by atoms with Crippen molar-refractivity contribution in [3.63, 3.8) is 0 Å². The van der Waals surface area contributed by atoms with Crippen molar-refractivity contribution in [2.75, 3.05) is 0 Å². The molecule has 0 unspecified atom stereocenters. The van der Waals surface area contributed by atoms with Crippen LogP contribution in [-0.2, 0) is 5.54 Å². The minimum Gasteiger partial charge on any atom is -0.366 e. The first kappa shape index (κ1) is 8.84. The van der Waals surface area contributed by atoms with E-state index in [4.69, 9.17) is 5.73 Å². The average molecular weight is 166 g/mol. The topological polar surface area (TPSA) is 48.0 Å². The van der Waals surface area contributed by atoms with Crippen LogP contribution in [0.25, 0.3) is 0 Å². The van der Waals surface area contributed by atoms with Gasteiger partial charge in [0, 0.05) is 17.9 Å². The van der Waals surface area contributed by atoms with Crippen molar-refractivity contribution in [2.24, 2.45) is 5.73 Å². The van der Waals surface area contributed by atoms with Crippen LogP contribution in [0.2, 0.25) is 0 Å². The molecule has 3 heteroatoms. The quantitative estimate of drug-likeness (QED) is 0.672. The fraction of sp³-hybridized carbons (Fsp3) is 0.444. The van der Waals surface area contributed by atoms with Crippen LogP contribution in [0, 0.1) is 0 Å². The highest BCUT2D eigenvalue weighted by Crippen LogP contribution is 2.14. The van der Waals surface area contributed by atoms with Crippen LogP contribution in [-0.4, -0.2) is 10.5 Å². The SMILES string of the molecule is CC(C)(C)n1ccc(C(N)=O)c1. The number of primary amides is 1. The number of amides is 1. The van der Waals surface area contributed by atoms with E-state index in [1.807, 2.05) is 10.8 Å². The summed E-state index contributed by atoms with van der Waals surface area (Å²) >= 11 is 0. The Kier molecular flexibility index (Phi) is 1.96. The van der Waals surface area contributed by atoms with Crippen molar-refractivity contribution in [3.8, 4) is 0 Å². The van der Waals surface area contributed by atoms with E-state index in [0.717, 1.165) is 0 Å². The lowest BCUT2D eigenvalue weighted by atomic mass is 10.1. The lowest BCUT2D eigenvalue weighted by molar-refractivity contribution is 0.1000. The Labute approximate surface area is 72.2 Å². The van der Waals surface area contributed by atoms with Gasteiger partial charge in [-0.3, -0.25) is 4.79 Å². The molecule has 0 aliphatic heterocycles. The monoisotopic (exact) mass is 166 g/mol. The van der Waals surface area contributed by atoms with Gasteiger partial charge in [-0.05, 0) is 26.8 Å². The van der Waals surface area contributed by atoms with Gasteiger partial charge in [0.05, 0.1) is 5.56 Å². The summed E-state index contributed by atoms with van der Waals surface area (Å²) in [5, 5.41) is 0. The Bertz CT molecular complexity index is 294. The second-order valence-electron chi connectivity index (χ2n) is 3.84. The zero-order valence-corrected chi connectivity index (χ0v) is 7.66. The molecule has 1 aromatic heterocycles. The summed E-state index contributed by atoms with van der Waals surface area (Å²) in [6, 6.07) is 1.73. The van der Waals surface area contributed by atoms with E-state index < -0.39 is 0 Å². The summed E-state index contributed by atoms with van der Waals surface area (Å²) in [5.41, 5.74) is 5.69. The first-order chi connectivity index (χ1) is 5.41. The van der Waals surface area contributed by atoms with Crippen molar-refractivity contribution in [1.82, 2.24) is 4.57 Å². The Morgan fingerprint density at radius 2 is 2.08 bits per heavy atom. The number of rotatable bonds is 1. The maximum Gasteiger partial charge on any atom is 0.250 e. The summed E-state index contributed by atoms with van der Waals surface area (Å²) in [6.45, 7) is 6.20. The van der Waals surface area contributed by atoms with Crippen molar-refractivity contribution >= 4 is 5.91 Å². The van der Waals surface area contributed by atoms with Gasteiger partial charge in [0.25, 0.3) is 0 Å². The third-order valence-electron chi connectivity index (χ3n) is 1.75. The summed E-state index contributed by atoms with van der Waals surface area (Å²) in [6.07, 6.45) is 3.63. The van der Waals surface area contributed by atoms with Gasteiger partial charge in [-0.2, -0.15) is 0 Å². The second kappa shape index (κ2) is 2.66. The number of hydrogen-bond acceptors (Lipinski definition) is 1. The van der Waals surface area contributed by atoms with E-state index in [1.165, 1.54) is 0 Å². The van der Waals surface area contributed by atoms with Gasteiger partial charge in [-0.15, -0.1) is 0 Å². The van der Waals surface area contributed by atoms with Crippen LogP contribution in [0.5, 0.6) is 0 Å². The minimum atomic E-state index is -0.377. The number of aromatic nitrogens is 1. The molecule has 0 aromatic carbocycles. The smallest absolute Gasteiger partial charge is 0.250 e. The molecule has 12 heavy (non-hydrogen) atoms. The van der Waals surface area contributed by atoms with Crippen molar-refractivity contribution < 1.29 is 4.79 Å². The number of nitrogens with two attached hydrogens (primary N) is 1. The first-order valence-electron chi connectivity index (χ1n) is 3.89. The van der Waals surface area contributed by atoms with E-state index in [2.05, 4.69) is 20.8 Å². The van der Waals surface area contributed by atoms with Gasteiger partial charge in [-0.1, -0.05) is 0 Å². The van der Waals surface area contributed by atoms with Gasteiger partial charge in [0.1, 0.15) is 0 Å². The third kappa shape index (κ3) is 1.67. The molecule has 3 nitrogen and oxygen atoms in total. The molecule has 1 amide bonds. The molecule has 0 radical (unpaired) electrons. The molecular weight excluding hydrogens is 152 g/mol. The molecule has 66 valence electrons. The van der Waals surface area contributed by atoms with Gasteiger partial charge in [0.2, 0.25) is 5.91 Å². The largest absolute Gasteiger partial charge is 0.366 e. The fourth-order valence-electron chi connectivity index (χ4n) is 0.960. The van der Waals surface area contributed by atoms with E-state index in [0.29, 0.717) is 5.56 Å². The van der Waals surface area contributed by atoms with Crippen LogP contribution in [0.15, 0.2) is 18.5 Å². The zero-order chi connectivity index (χ0) is 9.35. The first-order valence-corrected chi connectivity index (χ1v) is 3.89. The normalized spacial score (nSPS) is 11.6. The third-order valence-corrected chi connectivity index (χ3v) is 1.75. The van der Waals surface area contributed by atoms with Crippen LogP contribution in [0.4, 0.5) is 0 Å². The molecule has 0 saturated heterocycles. The van der Waals surface area contributed by atoms with Crippen molar-refractivity contribution in [3.05, 3.63) is 24.0 Å². The molecule has 1 aromatic rings. The van der Waals surface area contributed by atoms with E-state index in [-0.39, 0.29) is 11.4 Å². The fourth-order valence-corrected chi connectivity index (χ4v) is 0.960. The molecule has 0 spiro atoms. The van der Waals surface area contributed by atoms with Crippen LogP contribution >= 0.6 is 0 Å². The molecule has 0 bridgehead atoms.